The van der Waals surface area contributed by atoms with E-state index in [1.54, 1.807) is 20.1 Å². The van der Waals surface area contributed by atoms with Crippen LogP contribution in [0.15, 0.2) is 12.1 Å². The number of nitrogens with one attached hydrogen (secondary N) is 1. The molecular formula is C12H15NO5. The Bertz CT molecular complexity index is 460. The zero-order valence-electron chi connectivity index (χ0n) is 10.2. The fourth-order valence-corrected chi connectivity index (χ4v) is 1.64. The summed E-state index contributed by atoms with van der Waals surface area (Å²) in [6.45, 7) is 2.18. The van der Waals surface area contributed by atoms with Crippen molar-refractivity contribution in [3.05, 3.63) is 17.7 Å². The van der Waals surface area contributed by atoms with Crippen LogP contribution in [-0.4, -0.2) is 31.0 Å². The van der Waals surface area contributed by atoms with Crippen LogP contribution in [0.2, 0.25) is 0 Å². The Morgan fingerprint density at radius 1 is 1.56 bits per heavy atom. The van der Waals surface area contributed by atoms with Gasteiger partial charge in [-0.1, -0.05) is 0 Å². The van der Waals surface area contributed by atoms with Crippen molar-refractivity contribution in [3.8, 4) is 17.2 Å². The van der Waals surface area contributed by atoms with Gasteiger partial charge < -0.3 is 24.6 Å². The molecule has 0 saturated carbocycles. The first kappa shape index (κ1) is 12.5. The number of hydrogen-bond donors (Lipinski definition) is 2. The molecule has 1 aliphatic rings. The average molecular weight is 253 g/mol. The van der Waals surface area contributed by atoms with E-state index >= 15 is 0 Å². The average Bonchev–Trinajstić information content (AvgIpc) is 2.82. The van der Waals surface area contributed by atoms with Gasteiger partial charge >= 0.3 is 5.97 Å². The molecule has 1 aromatic rings. The summed E-state index contributed by atoms with van der Waals surface area (Å²) in [6, 6.07) is 3.00. The molecule has 1 heterocycles. The monoisotopic (exact) mass is 253 g/mol. The molecule has 6 nitrogen and oxygen atoms in total. The van der Waals surface area contributed by atoms with Gasteiger partial charge in [0.25, 0.3) is 0 Å². The lowest BCUT2D eigenvalue weighted by atomic mass is 10.1. The molecule has 6 heteroatoms. The van der Waals surface area contributed by atoms with E-state index < -0.39 is 12.0 Å². The Labute approximate surface area is 104 Å². The Morgan fingerprint density at radius 2 is 2.33 bits per heavy atom. The fraction of sp³-hybridized carbons (Fsp3) is 0.417. The van der Waals surface area contributed by atoms with E-state index in [0.29, 0.717) is 23.8 Å². The molecule has 2 N–H and O–H groups in total. The maximum absolute atomic E-state index is 10.7. The third-order valence-electron chi connectivity index (χ3n) is 2.70. The highest BCUT2D eigenvalue weighted by Crippen LogP contribution is 2.41. The number of benzene rings is 1. The van der Waals surface area contributed by atoms with Crippen molar-refractivity contribution in [1.82, 2.24) is 5.32 Å². The summed E-state index contributed by atoms with van der Waals surface area (Å²) in [4.78, 5) is 10.7. The Morgan fingerprint density at radius 3 is 3.00 bits per heavy atom. The van der Waals surface area contributed by atoms with E-state index in [9.17, 15) is 4.79 Å². The van der Waals surface area contributed by atoms with Gasteiger partial charge in [0, 0.05) is 6.54 Å². The standard InChI is InChI=1S/C12H15NO5/c1-7(12(14)15)13-5-8-3-9(16-2)11-10(4-8)17-6-18-11/h3-4,7,13H,5-6H2,1-2H3,(H,14,15)/t7-/m1/s1. The highest BCUT2D eigenvalue weighted by atomic mass is 16.7. The van der Waals surface area contributed by atoms with Crippen molar-refractivity contribution in [2.45, 2.75) is 19.5 Å². The molecule has 0 fully saturated rings. The number of carboxylic acid groups (broad SMARTS) is 1. The van der Waals surface area contributed by atoms with E-state index in [1.807, 2.05) is 6.07 Å². The first-order chi connectivity index (χ1) is 8.61. The lowest BCUT2D eigenvalue weighted by molar-refractivity contribution is -0.139. The summed E-state index contributed by atoms with van der Waals surface area (Å²) < 4.78 is 15.8. The molecule has 0 radical (unpaired) electrons. The SMILES string of the molecule is COc1cc(CN[C@H](C)C(=O)O)cc2c1OCO2. The molecule has 18 heavy (non-hydrogen) atoms. The highest BCUT2D eigenvalue weighted by Gasteiger charge is 2.20. The number of hydrogen-bond acceptors (Lipinski definition) is 5. The van der Waals surface area contributed by atoms with Crippen molar-refractivity contribution in [3.63, 3.8) is 0 Å². The molecular weight excluding hydrogens is 238 g/mol. The molecule has 0 amide bonds. The predicted octanol–water partition coefficient (Wildman–Crippen LogP) is 0.987. The van der Waals surface area contributed by atoms with Crippen LogP contribution >= 0.6 is 0 Å². The van der Waals surface area contributed by atoms with Crippen molar-refractivity contribution in [1.29, 1.82) is 0 Å². The summed E-state index contributed by atoms with van der Waals surface area (Å²) >= 11 is 0. The Kier molecular flexibility index (Phi) is 3.57. The molecule has 1 atom stereocenters. The highest BCUT2D eigenvalue weighted by molar-refractivity contribution is 5.72. The minimum absolute atomic E-state index is 0.175. The van der Waals surface area contributed by atoms with Gasteiger partial charge in [-0.3, -0.25) is 4.79 Å². The quantitative estimate of drug-likeness (QED) is 0.814. The molecule has 0 spiro atoms. The van der Waals surface area contributed by atoms with Crippen molar-refractivity contribution < 1.29 is 24.1 Å². The predicted molar refractivity (Wildman–Crippen MR) is 63.1 cm³/mol. The first-order valence-electron chi connectivity index (χ1n) is 5.54. The van der Waals surface area contributed by atoms with Gasteiger partial charge in [0.05, 0.1) is 7.11 Å². The van der Waals surface area contributed by atoms with Crippen LogP contribution < -0.4 is 19.5 Å². The zero-order chi connectivity index (χ0) is 13.1. The normalized spacial score (nSPS) is 14.3. The molecule has 0 bridgehead atoms. The number of carbonyl (C=O) groups is 1. The number of carboxylic acids is 1. The van der Waals surface area contributed by atoms with Crippen LogP contribution in [0.4, 0.5) is 0 Å². The van der Waals surface area contributed by atoms with Gasteiger partial charge in [-0.2, -0.15) is 0 Å². The first-order valence-corrected chi connectivity index (χ1v) is 5.54. The van der Waals surface area contributed by atoms with Gasteiger partial charge in [-0.25, -0.2) is 0 Å². The molecule has 0 saturated heterocycles. The van der Waals surface area contributed by atoms with Gasteiger partial charge in [0.15, 0.2) is 11.5 Å². The van der Waals surface area contributed by atoms with E-state index in [4.69, 9.17) is 19.3 Å². The van der Waals surface area contributed by atoms with E-state index in [0.717, 1.165) is 5.56 Å². The van der Waals surface area contributed by atoms with Crippen molar-refractivity contribution in [2.75, 3.05) is 13.9 Å². The second kappa shape index (κ2) is 5.14. The van der Waals surface area contributed by atoms with Crippen LogP contribution in [0.1, 0.15) is 12.5 Å². The van der Waals surface area contributed by atoms with Crippen LogP contribution in [-0.2, 0) is 11.3 Å². The molecule has 0 unspecified atom stereocenters. The Balaban J connectivity index is 2.12. The number of fused-ring (bicyclic) bond motifs is 1. The van der Waals surface area contributed by atoms with Gasteiger partial charge in [-0.05, 0) is 24.6 Å². The lowest BCUT2D eigenvalue weighted by Gasteiger charge is -2.11. The maximum Gasteiger partial charge on any atom is 0.320 e. The minimum atomic E-state index is -0.886. The van der Waals surface area contributed by atoms with E-state index in [2.05, 4.69) is 5.32 Å². The molecule has 0 aromatic heterocycles. The maximum atomic E-state index is 10.7. The molecule has 98 valence electrons. The number of methoxy groups -OCH3 is 1. The second-order valence-electron chi connectivity index (χ2n) is 3.97. The number of aliphatic carboxylic acids is 1. The molecule has 1 aliphatic heterocycles. The van der Waals surface area contributed by atoms with Crippen LogP contribution in [0.5, 0.6) is 17.2 Å². The summed E-state index contributed by atoms with van der Waals surface area (Å²) in [5.41, 5.74) is 0.879. The minimum Gasteiger partial charge on any atom is -0.493 e. The molecule has 2 rings (SSSR count). The molecule has 0 aliphatic carbocycles. The van der Waals surface area contributed by atoms with Gasteiger partial charge in [0.1, 0.15) is 6.04 Å². The molecule has 1 aromatic carbocycles. The largest absolute Gasteiger partial charge is 0.493 e. The topological polar surface area (TPSA) is 77.0 Å². The zero-order valence-corrected chi connectivity index (χ0v) is 10.2. The number of rotatable bonds is 5. The second-order valence-corrected chi connectivity index (χ2v) is 3.97. The summed E-state index contributed by atoms with van der Waals surface area (Å²) in [6.07, 6.45) is 0. The fourth-order valence-electron chi connectivity index (χ4n) is 1.64. The van der Waals surface area contributed by atoms with Gasteiger partial charge in [0.2, 0.25) is 12.5 Å². The lowest BCUT2D eigenvalue weighted by Crippen LogP contribution is -2.33. The van der Waals surface area contributed by atoms with Crippen LogP contribution in [0.25, 0.3) is 0 Å². The summed E-state index contributed by atoms with van der Waals surface area (Å²) in [7, 11) is 1.55. The van der Waals surface area contributed by atoms with Crippen molar-refractivity contribution >= 4 is 5.97 Å². The van der Waals surface area contributed by atoms with Crippen LogP contribution in [0, 0.1) is 0 Å². The third-order valence-corrected chi connectivity index (χ3v) is 2.70. The Hall–Kier alpha value is -1.95. The van der Waals surface area contributed by atoms with Crippen LogP contribution in [0.3, 0.4) is 0 Å². The summed E-state index contributed by atoms with van der Waals surface area (Å²) in [5, 5.41) is 11.7. The summed E-state index contributed by atoms with van der Waals surface area (Å²) in [5.74, 6) is 0.911. The third kappa shape index (κ3) is 2.48. The smallest absolute Gasteiger partial charge is 0.320 e. The van der Waals surface area contributed by atoms with Crippen molar-refractivity contribution in [2.24, 2.45) is 0 Å². The van der Waals surface area contributed by atoms with Gasteiger partial charge in [-0.15, -0.1) is 0 Å². The number of ether oxygens (including phenoxy) is 3. The van der Waals surface area contributed by atoms with E-state index in [1.165, 1.54) is 0 Å². The van der Waals surface area contributed by atoms with E-state index in [-0.39, 0.29) is 6.79 Å².